The van der Waals surface area contributed by atoms with Crippen LogP contribution >= 0.6 is 0 Å². The molecule has 1 heterocycles. The predicted molar refractivity (Wildman–Crippen MR) is 73.1 cm³/mol. The first-order valence-electron chi connectivity index (χ1n) is 7.12. The van der Waals surface area contributed by atoms with E-state index in [4.69, 9.17) is 5.73 Å². The maximum atomic E-state index is 13.4. The van der Waals surface area contributed by atoms with Crippen LogP contribution in [0.3, 0.4) is 0 Å². The van der Waals surface area contributed by atoms with Gasteiger partial charge in [-0.25, -0.2) is 4.39 Å². The number of hydrogen-bond donors (Lipinski definition) is 1. The molecule has 1 saturated heterocycles. The van der Waals surface area contributed by atoms with Gasteiger partial charge in [-0.15, -0.1) is 0 Å². The number of rotatable bonds is 3. The third-order valence-corrected chi connectivity index (χ3v) is 4.14. The molecule has 1 aromatic rings. The summed E-state index contributed by atoms with van der Waals surface area (Å²) in [7, 11) is 0. The summed E-state index contributed by atoms with van der Waals surface area (Å²) in [5.74, 6) is -0.450. The topological polar surface area (TPSA) is 29.3 Å². The predicted octanol–water partition coefficient (Wildman–Crippen LogP) is 3.40. The number of alkyl halides is 3. The van der Waals surface area contributed by atoms with Crippen LogP contribution in [0.2, 0.25) is 0 Å². The molecule has 0 aromatic heterocycles. The molecule has 21 heavy (non-hydrogen) atoms. The summed E-state index contributed by atoms with van der Waals surface area (Å²) in [5, 5.41) is 0. The van der Waals surface area contributed by atoms with E-state index in [1.807, 2.05) is 0 Å². The molecule has 2 atom stereocenters. The van der Waals surface area contributed by atoms with Gasteiger partial charge in [-0.2, -0.15) is 13.2 Å². The molecule has 0 spiro atoms. The molecule has 0 aliphatic carbocycles. The number of hydrogen-bond acceptors (Lipinski definition) is 2. The van der Waals surface area contributed by atoms with Crippen LogP contribution in [0, 0.1) is 11.7 Å². The number of likely N-dealkylation sites (tertiary alicyclic amines) is 1. The summed E-state index contributed by atoms with van der Waals surface area (Å²) >= 11 is 0. The Morgan fingerprint density at radius 3 is 2.62 bits per heavy atom. The molecule has 6 heteroatoms. The van der Waals surface area contributed by atoms with E-state index in [2.05, 4.69) is 11.8 Å². The van der Waals surface area contributed by atoms with Crippen molar-refractivity contribution in [3.63, 3.8) is 0 Å². The Bertz CT molecular complexity index is 487. The Labute approximate surface area is 121 Å². The van der Waals surface area contributed by atoms with Crippen LogP contribution in [0.25, 0.3) is 0 Å². The maximum absolute atomic E-state index is 13.4. The van der Waals surface area contributed by atoms with Crippen LogP contribution in [-0.4, -0.2) is 24.0 Å². The monoisotopic (exact) mass is 304 g/mol. The zero-order chi connectivity index (χ0) is 15.6. The first-order valence-corrected chi connectivity index (χ1v) is 7.12. The summed E-state index contributed by atoms with van der Waals surface area (Å²) in [6.07, 6.45) is -2.48. The Balaban J connectivity index is 2.20. The van der Waals surface area contributed by atoms with Crippen LogP contribution in [0.15, 0.2) is 18.2 Å². The van der Waals surface area contributed by atoms with Crippen molar-refractivity contribution in [2.75, 3.05) is 13.1 Å². The first kappa shape index (κ1) is 16.2. The van der Waals surface area contributed by atoms with Crippen LogP contribution in [-0.2, 0) is 12.7 Å². The molecular weight excluding hydrogens is 284 g/mol. The summed E-state index contributed by atoms with van der Waals surface area (Å²) in [6, 6.07) is 2.86. The van der Waals surface area contributed by atoms with Crippen LogP contribution in [0.1, 0.15) is 30.9 Å². The molecule has 2 rings (SSSR count). The molecule has 0 bridgehead atoms. The highest BCUT2D eigenvalue weighted by Crippen LogP contribution is 2.31. The number of nitrogens with zero attached hydrogens (tertiary/aromatic N) is 1. The van der Waals surface area contributed by atoms with Crippen LogP contribution < -0.4 is 5.73 Å². The lowest BCUT2D eigenvalue weighted by Crippen LogP contribution is -2.48. The fourth-order valence-electron chi connectivity index (χ4n) is 3.05. The minimum absolute atomic E-state index is 0.136. The second-order valence-electron chi connectivity index (χ2n) is 5.74. The summed E-state index contributed by atoms with van der Waals surface area (Å²) in [6.45, 7) is 3.64. The molecule has 0 saturated carbocycles. The molecule has 1 aliphatic rings. The largest absolute Gasteiger partial charge is 0.416 e. The average Bonchev–Trinajstić information content (AvgIpc) is 2.37. The smallest absolute Gasteiger partial charge is 0.329 e. The molecule has 1 aromatic carbocycles. The van der Waals surface area contributed by atoms with Gasteiger partial charge in [-0.1, -0.05) is 6.92 Å². The number of halogens is 4. The van der Waals surface area contributed by atoms with Crippen molar-refractivity contribution in [2.24, 2.45) is 11.7 Å². The number of nitrogens with two attached hydrogens (primary N) is 1. The standard InChI is InChI=1S/C15H20F4N2/c1-10-3-2-4-21(14(10)8-20)9-11-5-12(15(17,18)19)7-13(16)6-11/h5-7,10,14H,2-4,8-9,20H2,1H3. The minimum Gasteiger partial charge on any atom is -0.329 e. The second kappa shape index (κ2) is 6.32. The molecule has 118 valence electrons. The number of piperidine rings is 1. The maximum Gasteiger partial charge on any atom is 0.416 e. The summed E-state index contributed by atoms with van der Waals surface area (Å²) in [5.41, 5.74) is 5.18. The van der Waals surface area contributed by atoms with E-state index < -0.39 is 17.6 Å². The van der Waals surface area contributed by atoms with E-state index in [9.17, 15) is 17.6 Å². The van der Waals surface area contributed by atoms with Crippen molar-refractivity contribution in [3.8, 4) is 0 Å². The van der Waals surface area contributed by atoms with Gasteiger partial charge in [0.05, 0.1) is 5.56 Å². The molecule has 0 amide bonds. The Kier molecular flexibility index (Phi) is 4.88. The fraction of sp³-hybridized carbons (Fsp3) is 0.600. The van der Waals surface area contributed by atoms with E-state index in [1.165, 1.54) is 6.07 Å². The van der Waals surface area contributed by atoms with Crippen molar-refractivity contribution in [1.82, 2.24) is 4.90 Å². The Morgan fingerprint density at radius 2 is 2.00 bits per heavy atom. The fourth-order valence-corrected chi connectivity index (χ4v) is 3.05. The molecule has 2 unspecified atom stereocenters. The normalized spacial score (nSPS) is 24.3. The highest BCUT2D eigenvalue weighted by molar-refractivity contribution is 5.27. The van der Waals surface area contributed by atoms with Gasteiger partial charge in [0.2, 0.25) is 0 Å². The van der Waals surface area contributed by atoms with E-state index in [0.717, 1.165) is 25.5 Å². The molecule has 0 radical (unpaired) electrons. The molecule has 2 nitrogen and oxygen atoms in total. The Morgan fingerprint density at radius 1 is 1.29 bits per heavy atom. The van der Waals surface area contributed by atoms with E-state index >= 15 is 0 Å². The van der Waals surface area contributed by atoms with Gasteiger partial charge in [0.15, 0.2) is 0 Å². The van der Waals surface area contributed by atoms with Gasteiger partial charge in [0.25, 0.3) is 0 Å². The highest BCUT2D eigenvalue weighted by atomic mass is 19.4. The van der Waals surface area contributed by atoms with Crippen molar-refractivity contribution in [2.45, 2.75) is 38.5 Å². The first-order chi connectivity index (χ1) is 9.81. The van der Waals surface area contributed by atoms with Crippen LogP contribution in [0.5, 0.6) is 0 Å². The highest BCUT2D eigenvalue weighted by Gasteiger charge is 2.32. The lowest BCUT2D eigenvalue weighted by atomic mass is 9.90. The third kappa shape index (κ3) is 3.95. The second-order valence-corrected chi connectivity index (χ2v) is 5.74. The van der Waals surface area contributed by atoms with Crippen molar-refractivity contribution < 1.29 is 17.6 Å². The van der Waals surface area contributed by atoms with Gasteiger partial charge in [0, 0.05) is 19.1 Å². The van der Waals surface area contributed by atoms with Crippen molar-refractivity contribution in [1.29, 1.82) is 0 Å². The van der Waals surface area contributed by atoms with E-state index in [-0.39, 0.29) is 6.04 Å². The molecule has 2 N–H and O–H groups in total. The van der Waals surface area contributed by atoms with Gasteiger partial charge >= 0.3 is 6.18 Å². The quantitative estimate of drug-likeness (QED) is 0.867. The van der Waals surface area contributed by atoms with E-state index in [1.54, 1.807) is 0 Å². The van der Waals surface area contributed by atoms with Crippen molar-refractivity contribution >= 4 is 0 Å². The minimum atomic E-state index is -4.53. The van der Waals surface area contributed by atoms with E-state index in [0.29, 0.717) is 30.6 Å². The van der Waals surface area contributed by atoms with Gasteiger partial charge in [-0.05, 0) is 49.1 Å². The van der Waals surface area contributed by atoms with Gasteiger partial charge in [-0.3, -0.25) is 4.90 Å². The molecular formula is C15H20F4N2. The lowest BCUT2D eigenvalue weighted by Gasteiger charge is -2.39. The lowest BCUT2D eigenvalue weighted by molar-refractivity contribution is -0.137. The average molecular weight is 304 g/mol. The summed E-state index contributed by atoms with van der Waals surface area (Å²) in [4.78, 5) is 2.06. The van der Waals surface area contributed by atoms with Gasteiger partial charge in [0.1, 0.15) is 5.82 Å². The van der Waals surface area contributed by atoms with Gasteiger partial charge < -0.3 is 5.73 Å². The Hall–Kier alpha value is -1.14. The zero-order valence-electron chi connectivity index (χ0n) is 12.0. The zero-order valence-corrected chi connectivity index (χ0v) is 12.0. The number of benzene rings is 1. The molecule has 1 aliphatic heterocycles. The van der Waals surface area contributed by atoms with Crippen LogP contribution in [0.4, 0.5) is 17.6 Å². The van der Waals surface area contributed by atoms with Crippen molar-refractivity contribution in [3.05, 3.63) is 35.1 Å². The molecule has 1 fully saturated rings. The SMILES string of the molecule is CC1CCCN(Cc2cc(F)cc(C(F)(F)F)c2)C1CN. The third-order valence-electron chi connectivity index (χ3n) is 4.14. The summed E-state index contributed by atoms with van der Waals surface area (Å²) < 4.78 is 51.6.